The smallest absolute Gasteiger partial charge is 0.277 e. The molecule has 0 aliphatic rings. The fourth-order valence-electron chi connectivity index (χ4n) is 1.62. The summed E-state index contributed by atoms with van der Waals surface area (Å²) < 4.78 is 28.8. The van der Waals surface area contributed by atoms with Gasteiger partial charge in [0.05, 0.1) is 0 Å². The van der Waals surface area contributed by atoms with Gasteiger partial charge in [0.15, 0.2) is 0 Å². The topological polar surface area (TPSA) is 78.4 Å². The molecule has 0 fully saturated rings. The summed E-state index contributed by atoms with van der Waals surface area (Å²) in [5.41, 5.74) is 1.63. The summed E-state index contributed by atoms with van der Waals surface area (Å²) in [6.07, 6.45) is 0. The molecule has 5 nitrogen and oxygen atoms in total. The van der Waals surface area contributed by atoms with Crippen molar-refractivity contribution < 1.29 is 13.5 Å². The summed E-state index contributed by atoms with van der Waals surface area (Å²) in [5.74, 6) is 5.60. The van der Waals surface area contributed by atoms with E-state index in [1.54, 1.807) is 19.1 Å². The largest absolute Gasteiger partial charge is 0.384 e. The Kier molecular flexibility index (Phi) is 6.85. The first-order valence-corrected chi connectivity index (χ1v) is 8.29. The molecule has 0 aliphatic carbocycles. The van der Waals surface area contributed by atoms with Gasteiger partial charge in [-0.2, -0.15) is 13.1 Å². The molecule has 1 rings (SSSR count). The lowest BCUT2D eigenvalue weighted by Gasteiger charge is -2.16. The second-order valence-electron chi connectivity index (χ2n) is 5.17. The molecule has 0 saturated carbocycles. The zero-order chi connectivity index (χ0) is 15.9. The number of benzene rings is 1. The quantitative estimate of drug-likeness (QED) is 0.690. The van der Waals surface area contributed by atoms with Crippen LogP contribution in [0.4, 0.5) is 0 Å². The molecular formula is C15H22N2O3S. The van der Waals surface area contributed by atoms with Crippen LogP contribution in [0, 0.1) is 17.8 Å². The Morgan fingerprint density at radius 3 is 2.33 bits per heavy atom. The van der Waals surface area contributed by atoms with Crippen LogP contribution in [-0.2, 0) is 10.2 Å². The van der Waals surface area contributed by atoms with Gasteiger partial charge in [-0.05, 0) is 30.5 Å². The van der Waals surface area contributed by atoms with Crippen molar-refractivity contribution in [2.75, 3.05) is 13.2 Å². The van der Waals surface area contributed by atoms with Crippen molar-refractivity contribution in [3.63, 3.8) is 0 Å². The van der Waals surface area contributed by atoms with Crippen LogP contribution in [0.5, 0.6) is 0 Å². The molecule has 1 unspecified atom stereocenters. The molecule has 0 amide bonds. The number of aliphatic hydroxyl groups excluding tert-OH is 1. The van der Waals surface area contributed by atoms with Crippen LogP contribution in [0.1, 0.15) is 37.9 Å². The summed E-state index contributed by atoms with van der Waals surface area (Å²) in [6.45, 7) is 5.89. The average molecular weight is 310 g/mol. The van der Waals surface area contributed by atoms with Gasteiger partial charge >= 0.3 is 0 Å². The number of rotatable bonds is 6. The van der Waals surface area contributed by atoms with Gasteiger partial charge in [0.1, 0.15) is 6.61 Å². The van der Waals surface area contributed by atoms with E-state index in [4.69, 9.17) is 5.11 Å². The molecule has 0 aliphatic heterocycles. The first kappa shape index (κ1) is 17.7. The molecule has 0 bridgehead atoms. The lowest BCUT2D eigenvalue weighted by atomic mass is 10.1. The highest BCUT2D eigenvalue weighted by atomic mass is 32.2. The molecule has 116 valence electrons. The van der Waals surface area contributed by atoms with Crippen molar-refractivity contribution in [1.82, 2.24) is 9.44 Å². The molecule has 1 atom stereocenters. The van der Waals surface area contributed by atoms with E-state index in [-0.39, 0.29) is 18.6 Å². The SMILES string of the molecule is CC(C)CNS(=O)(=O)NC(C)c1ccc(C#CCO)cc1. The lowest BCUT2D eigenvalue weighted by Crippen LogP contribution is -2.39. The Hall–Kier alpha value is -1.39. The maximum absolute atomic E-state index is 11.9. The third kappa shape index (κ3) is 6.74. The van der Waals surface area contributed by atoms with Gasteiger partial charge in [-0.25, -0.2) is 4.72 Å². The summed E-state index contributed by atoms with van der Waals surface area (Å²) >= 11 is 0. The fourth-order valence-corrected chi connectivity index (χ4v) is 2.85. The molecule has 1 aromatic rings. The maximum atomic E-state index is 11.9. The van der Waals surface area contributed by atoms with E-state index in [1.807, 2.05) is 26.0 Å². The minimum atomic E-state index is -3.51. The maximum Gasteiger partial charge on any atom is 0.277 e. The summed E-state index contributed by atoms with van der Waals surface area (Å²) in [4.78, 5) is 0. The Morgan fingerprint density at radius 1 is 1.19 bits per heavy atom. The second-order valence-corrected chi connectivity index (χ2v) is 6.70. The first-order chi connectivity index (χ1) is 9.84. The lowest BCUT2D eigenvalue weighted by molar-refractivity contribution is 0.350. The van der Waals surface area contributed by atoms with Crippen LogP contribution in [0.3, 0.4) is 0 Å². The van der Waals surface area contributed by atoms with Crippen molar-refractivity contribution in [2.24, 2.45) is 5.92 Å². The standard InChI is InChI=1S/C15H22N2O3S/c1-12(2)11-16-21(19,20)17-13(3)15-8-6-14(7-9-15)5-4-10-18/h6-9,12-13,16-18H,10-11H2,1-3H3. The monoisotopic (exact) mass is 310 g/mol. The summed E-state index contributed by atoms with van der Waals surface area (Å²) in [5, 5.41) is 8.63. The van der Waals surface area contributed by atoms with Gasteiger partial charge in [0, 0.05) is 18.2 Å². The normalized spacial score (nSPS) is 12.8. The Bertz CT molecular complexity index is 598. The molecule has 0 heterocycles. The van der Waals surface area contributed by atoms with E-state index < -0.39 is 10.2 Å². The number of nitrogens with one attached hydrogen (secondary N) is 2. The van der Waals surface area contributed by atoms with E-state index in [2.05, 4.69) is 21.3 Å². The molecule has 0 saturated heterocycles. The van der Waals surface area contributed by atoms with Crippen molar-refractivity contribution in [3.8, 4) is 11.8 Å². The molecule has 0 spiro atoms. The second kappa shape index (κ2) is 8.15. The highest BCUT2D eigenvalue weighted by molar-refractivity contribution is 7.87. The predicted octanol–water partition coefficient (Wildman–Crippen LogP) is 1.17. The third-order valence-electron chi connectivity index (χ3n) is 2.74. The van der Waals surface area contributed by atoms with Crippen molar-refractivity contribution in [3.05, 3.63) is 35.4 Å². The number of hydrogen-bond donors (Lipinski definition) is 3. The van der Waals surface area contributed by atoms with Gasteiger partial charge in [0.25, 0.3) is 10.2 Å². The molecular weight excluding hydrogens is 288 g/mol. The van der Waals surface area contributed by atoms with Crippen LogP contribution in [0.25, 0.3) is 0 Å². The molecule has 3 N–H and O–H groups in total. The van der Waals surface area contributed by atoms with Crippen LogP contribution >= 0.6 is 0 Å². The summed E-state index contributed by atoms with van der Waals surface area (Å²) in [6, 6.07) is 6.89. The predicted molar refractivity (Wildman–Crippen MR) is 83.7 cm³/mol. The zero-order valence-corrected chi connectivity index (χ0v) is 13.4. The summed E-state index contributed by atoms with van der Waals surface area (Å²) in [7, 11) is -3.51. The van der Waals surface area contributed by atoms with Gasteiger partial charge in [-0.3, -0.25) is 0 Å². The van der Waals surface area contributed by atoms with Crippen LogP contribution in [0.15, 0.2) is 24.3 Å². The number of aliphatic hydroxyl groups is 1. The van der Waals surface area contributed by atoms with E-state index >= 15 is 0 Å². The highest BCUT2D eigenvalue weighted by Gasteiger charge is 2.15. The first-order valence-electron chi connectivity index (χ1n) is 6.80. The van der Waals surface area contributed by atoms with Crippen molar-refractivity contribution in [2.45, 2.75) is 26.8 Å². The molecule has 0 aromatic heterocycles. The van der Waals surface area contributed by atoms with Gasteiger partial charge in [-0.15, -0.1) is 0 Å². The Labute approximate surface area is 127 Å². The molecule has 1 aromatic carbocycles. The molecule has 21 heavy (non-hydrogen) atoms. The van der Waals surface area contributed by atoms with Crippen molar-refractivity contribution in [1.29, 1.82) is 0 Å². The van der Waals surface area contributed by atoms with Gasteiger partial charge in [-0.1, -0.05) is 37.8 Å². The van der Waals surface area contributed by atoms with Crippen LogP contribution in [-0.4, -0.2) is 26.7 Å². The van der Waals surface area contributed by atoms with E-state index in [9.17, 15) is 8.42 Å². The van der Waals surface area contributed by atoms with E-state index in [1.165, 1.54) is 0 Å². The third-order valence-corrected chi connectivity index (χ3v) is 3.95. The minimum absolute atomic E-state index is 0.181. The fraction of sp³-hybridized carbons (Fsp3) is 0.467. The minimum Gasteiger partial charge on any atom is -0.384 e. The van der Waals surface area contributed by atoms with E-state index in [0.29, 0.717) is 6.54 Å². The van der Waals surface area contributed by atoms with Crippen LogP contribution < -0.4 is 9.44 Å². The highest BCUT2D eigenvalue weighted by Crippen LogP contribution is 2.13. The Morgan fingerprint density at radius 2 is 1.81 bits per heavy atom. The van der Waals surface area contributed by atoms with Gasteiger partial charge in [0.2, 0.25) is 0 Å². The molecule has 0 radical (unpaired) electrons. The van der Waals surface area contributed by atoms with E-state index in [0.717, 1.165) is 11.1 Å². The average Bonchev–Trinajstić information content (AvgIpc) is 2.43. The van der Waals surface area contributed by atoms with Gasteiger partial charge < -0.3 is 5.11 Å². The number of hydrogen-bond acceptors (Lipinski definition) is 3. The van der Waals surface area contributed by atoms with Crippen LogP contribution in [0.2, 0.25) is 0 Å². The Balaban J connectivity index is 2.69. The van der Waals surface area contributed by atoms with Crippen molar-refractivity contribution >= 4 is 10.2 Å². The molecule has 6 heteroatoms. The zero-order valence-electron chi connectivity index (χ0n) is 12.6.